The van der Waals surface area contributed by atoms with Crippen LogP contribution in [0.1, 0.15) is 12.5 Å². The van der Waals surface area contributed by atoms with Gasteiger partial charge in [0.05, 0.1) is 16.2 Å². The average Bonchev–Trinajstić information content (AvgIpc) is 3.03. The fraction of sp³-hybridized carbons (Fsp3) is 0.412. The second kappa shape index (κ2) is 10.3. The molecule has 15 heteroatoms. The molecule has 2 N–H and O–H groups in total. The molecule has 1 aliphatic heterocycles. The number of alkyl halides is 3. The molecule has 0 aromatic heterocycles. The van der Waals surface area contributed by atoms with Gasteiger partial charge in [0.2, 0.25) is 5.91 Å². The van der Waals surface area contributed by atoms with Gasteiger partial charge in [-0.3, -0.25) is 29.4 Å². The Morgan fingerprint density at radius 2 is 2.03 bits per heavy atom. The van der Waals surface area contributed by atoms with Crippen LogP contribution in [0.15, 0.2) is 18.2 Å². The first-order chi connectivity index (χ1) is 14.9. The van der Waals surface area contributed by atoms with Gasteiger partial charge in [0, 0.05) is 19.2 Å². The number of halogens is 3. The highest BCUT2D eigenvalue weighted by Crippen LogP contribution is 2.35. The molecule has 1 aliphatic rings. The number of thioether (sulfide) groups is 1. The third-order valence-corrected chi connectivity index (χ3v) is 4.95. The number of nitrogens with zero attached hydrogens (tertiary/aromatic N) is 2. The largest absolute Gasteiger partial charge is 0.454 e. The smallest absolute Gasteiger partial charge is 0.416 e. The number of imide groups is 1. The molecule has 0 bridgehead atoms. The van der Waals surface area contributed by atoms with E-state index in [1.54, 1.807) is 0 Å². The minimum absolute atomic E-state index is 0.0341. The van der Waals surface area contributed by atoms with E-state index in [2.05, 4.69) is 10.6 Å². The molecule has 0 saturated carbocycles. The van der Waals surface area contributed by atoms with E-state index >= 15 is 0 Å². The van der Waals surface area contributed by atoms with E-state index in [4.69, 9.17) is 4.74 Å². The van der Waals surface area contributed by atoms with Gasteiger partial charge in [-0.25, -0.2) is 4.79 Å². The maximum atomic E-state index is 12.8. The Labute approximate surface area is 182 Å². The number of nitrogens with one attached hydrogen (secondary N) is 2. The average molecular weight is 478 g/mol. The van der Waals surface area contributed by atoms with Gasteiger partial charge in [-0.2, -0.15) is 13.2 Å². The van der Waals surface area contributed by atoms with Gasteiger partial charge in [-0.05, 0) is 19.1 Å². The van der Waals surface area contributed by atoms with Crippen molar-refractivity contribution in [2.24, 2.45) is 0 Å². The molecule has 1 aromatic rings. The lowest BCUT2D eigenvalue weighted by molar-refractivity contribution is -0.384. The molecule has 0 aliphatic carbocycles. The Balaban J connectivity index is 1.85. The minimum atomic E-state index is -4.78. The van der Waals surface area contributed by atoms with Crippen LogP contribution in [0, 0.1) is 10.1 Å². The standard InChI is InChI=1S/C17H17F3N4O7S/c1-9(22-11-3-2-10(17(18,19)20)6-12(11)24(29)30)15(27)31-7-13(25)21-4-5-23-14(26)8-32-16(23)28/h2-3,6,9,22H,4-5,7-8H2,1H3,(H,21,25)/t9-/m1/s1. The summed E-state index contributed by atoms with van der Waals surface area (Å²) in [6, 6.07) is 0.545. The highest BCUT2D eigenvalue weighted by molar-refractivity contribution is 8.14. The van der Waals surface area contributed by atoms with Crippen LogP contribution in [0.4, 0.5) is 29.3 Å². The van der Waals surface area contributed by atoms with Crippen LogP contribution in [0.3, 0.4) is 0 Å². The van der Waals surface area contributed by atoms with Crippen LogP contribution in [0.5, 0.6) is 0 Å². The minimum Gasteiger partial charge on any atom is -0.454 e. The normalized spacial score (nSPS) is 14.8. The summed E-state index contributed by atoms with van der Waals surface area (Å²) in [5.41, 5.74) is -2.45. The molecular weight excluding hydrogens is 461 g/mol. The zero-order valence-corrected chi connectivity index (χ0v) is 17.2. The third kappa shape index (κ3) is 6.57. The molecule has 11 nitrogen and oxygen atoms in total. The summed E-state index contributed by atoms with van der Waals surface area (Å²) in [6.07, 6.45) is -4.78. The number of nitro groups is 1. The van der Waals surface area contributed by atoms with Crippen LogP contribution < -0.4 is 10.6 Å². The summed E-state index contributed by atoms with van der Waals surface area (Å²) in [6.45, 7) is 0.431. The SMILES string of the molecule is C[C@@H](Nc1ccc(C(F)(F)F)cc1[N+](=O)[O-])C(=O)OCC(=O)NCCN1C(=O)CSC1=O. The van der Waals surface area contributed by atoms with Crippen LogP contribution in [0.25, 0.3) is 0 Å². The highest BCUT2D eigenvalue weighted by Gasteiger charge is 2.33. The van der Waals surface area contributed by atoms with E-state index < -0.39 is 52.1 Å². The molecule has 1 saturated heterocycles. The quantitative estimate of drug-likeness (QED) is 0.308. The summed E-state index contributed by atoms with van der Waals surface area (Å²) < 4.78 is 43.0. The lowest BCUT2D eigenvalue weighted by Gasteiger charge is -2.16. The number of hydrogen-bond acceptors (Lipinski definition) is 9. The molecule has 0 unspecified atom stereocenters. The molecule has 1 fully saturated rings. The van der Waals surface area contributed by atoms with Crippen molar-refractivity contribution in [1.29, 1.82) is 0 Å². The first kappa shape index (κ1) is 24.9. The van der Waals surface area contributed by atoms with Crippen molar-refractivity contribution in [2.75, 3.05) is 30.8 Å². The van der Waals surface area contributed by atoms with Crippen LogP contribution in [-0.4, -0.2) is 64.3 Å². The predicted molar refractivity (Wildman–Crippen MR) is 105 cm³/mol. The van der Waals surface area contributed by atoms with E-state index in [9.17, 15) is 42.5 Å². The van der Waals surface area contributed by atoms with Gasteiger partial charge in [0.1, 0.15) is 11.7 Å². The fourth-order valence-electron chi connectivity index (χ4n) is 2.49. The Morgan fingerprint density at radius 1 is 1.34 bits per heavy atom. The number of anilines is 1. The molecule has 174 valence electrons. The van der Waals surface area contributed by atoms with Crippen molar-refractivity contribution in [3.05, 3.63) is 33.9 Å². The van der Waals surface area contributed by atoms with Crippen LogP contribution in [0.2, 0.25) is 0 Å². The number of esters is 1. The van der Waals surface area contributed by atoms with E-state index in [0.717, 1.165) is 22.7 Å². The second-order valence-electron chi connectivity index (χ2n) is 6.41. The summed E-state index contributed by atoms with van der Waals surface area (Å²) >= 11 is 0.846. The van der Waals surface area contributed by atoms with Crippen molar-refractivity contribution < 1.29 is 42.0 Å². The molecule has 0 spiro atoms. The zero-order chi connectivity index (χ0) is 24.1. The Kier molecular flexibility index (Phi) is 8.02. The van der Waals surface area contributed by atoms with E-state index in [1.807, 2.05) is 0 Å². The maximum absolute atomic E-state index is 12.8. The van der Waals surface area contributed by atoms with Gasteiger partial charge >= 0.3 is 12.1 Å². The number of benzene rings is 1. The molecule has 1 aromatic carbocycles. The monoisotopic (exact) mass is 478 g/mol. The van der Waals surface area contributed by atoms with Gasteiger partial charge < -0.3 is 15.4 Å². The maximum Gasteiger partial charge on any atom is 0.416 e. The zero-order valence-electron chi connectivity index (χ0n) is 16.4. The first-order valence-electron chi connectivity index (χ1n) is 8.92. The Bertz CT molecular complexity index is 925. The number of amides is 3. The van der Waals surface area contributed by atoms with Crippen molar-refractivity contribution >= 4 is 46.2 Å². The summed E-state index contributed by atoms with van der Waals surface area (Å²) in [4.78, 5) is 57.6. The number of hydrogen-bond donors (Lipinski definition) is 2. The second-order valence-corrected chi connectivity index (χ2v) is 7.34. The van der Waals surface area contributed by atoms with Crippen molar-refractivity contribution in [3.8, 4) is 0 Å². The van der Waals surface area contributed by atoms with Crippen molar-refractivity contribution in [1.82, 2.24) is 10.2 Å². The number of carbonyl (C=O) groups is 4. The topological polar surface area (TPSA) is 148 Å². The molecule has 0 radical (unpaired) electrons. The molecular formula is C17H17F3N4O7S. The molecule has 1 heterocycles. The molecule has 2 rings (SSSR count). The van der Waals surface area contributed by atoms with Gasteiger partial charge in [-0.1, -0.05) is 11.8 Å². The predicted octanol–water partition coefficient (Wildman–Crippen LogP) is 1.77. The molecule has 32 heavy (non-hydrogen) atoms. The van der Waals surface area contributed by atoms with Crippen LogP contribution in [-0.2, 0) is 25.3 Å². The van der Waals surface area contributed by atoms with Gasteiger partial charge in [0.25, 0.3) is 16.8 Å². The molecule has 1 atom stereocenters. The summed E-state index contributed by atoms with van der Waals surface area (Å²) in [5.74, 6) is -2.06. The molecule has 3 amide bonds. The third-order valence-electron chi connectivity index (χ3n) is 4.09. The Hall–Kier alpha value is -3.36. The number of carbonyl (C=O) groups excluding carboxylic acids is 4. The fourth-order valence-corrected chi connectivity index (χ4v) is 3.24. The van der Waals surface area contributed by atoms with Gasteiger partial charge in [-0.15, -0.1) is 0 Å². The summed E-state index contributed by atoms with van der Waals surface area (Å²) in [7, 11) is 0. The number of nitro benzene ring substituents is 1. The van der Waals surface area contributed by atoms with Crippen molar-refractivity contribution in [3.63, 3.8) is 0 Å². The highest BCUT2D eigenvalue weighted by atomic mass is 32.2. The lowest BCUT2D eigenvalue weighted by Crippen LogP contribution is -2.39. The number of rotatable bonds is 9. The van der Waals surface area contributed by atoms with Crippen molar-refractivity contribution in [2.45, 2.75) is 19.1 Å². The lowest BCUT2D eigenvalue weighted by atomic mass is 10.1. The summed E-state index contributed by atoms with van der Waals surface area (Å²) in [5, 5.41) is 15.4. The van der Waals surface area contributed by atoms with E-state index in [1.165, 1.54) is 6.92 Å². The first-order valence-corrected chi connectivity index (χ1v) is 9.91. The van der Waals surface area contributed by atoms with Gasteiger partial charge in [0.15, 0.2) is 6.61 Å². The van der Waals surface area contributed by atoms with E-state index in [-0.39, 0.29) is 30.4 Å². The van der Waals surface area contributed by atoms with Crippen LogP contribution >= 0.6 is 11.8 Å². The number of ether oxygens (including phenoxy) is 1. The van der Waals surface area contributed by atoms with E-state index in [0.29, 0.717) is 12.1 Å². The Morgan fingerprint density at radius 3 is 2.59 bits per heavy atom.